The molecule has 0 amide bonds. The summed E-state index contributed by atoms with van der Waals surface area (Å²) in [7, 11) is -2.53. The number of halogens is 2. The van der Waals surface area contributed by atoms with Crippen LogP contribution >= 0.6 is 15.9 Å². The van der Waals surface area contributed by atoms with Gasteiger partial charge >= 0.3 is 0 Å². The third-order valence-corrected chi connectivity index (χ3v) is 6.72. The lowest BCUT2D eigenvalue weighted by atomic mass is 10.2. The molecule has 0 aliphatic carbocycles. The standard InChI is InChI=1S/C19H13BrFN3O3S/c1-27-17-9-12(7-8-22-17)16-10-14-18(20)15(21)11-23-19(14)24(16)28(25,26)13-5-3-2-4-6-13/h2-11H,1H3. The van der Waals surface area contributed by atoms with Gasteiger partial charge in [0.1, 0.15) is 0 Å². The van der Waals surface area contributed by atoms with Crippen LogP contribution in [0.2, 0.25) is 0 Å². The minimum absolute atomic E-state index is 0.0945. The lowest BCUT2D eigenvalue weighted by Crippen LogP contribution is -2.14. The molecule has 6 nitrogen and oxygen atoms in total. The second kappa shape index (κ2) is 6.99. The summed E-state index contributed by atoms with van der Waals surface area (Å²) in [6.45, 7) is 0. The Morgan fingerprint density at radius 1 is 1.11 bits per heavy atom. The molecule has 142 valence electrons. The maximum atomic E-state index is 14.0. The van der Waals surface area contributed by atoms with Gasteiger partial charge < -0.3 is 4.74 Å². The van der Waals surface area contributed by atoms with Crippen molar-refractivity contribution in [3.8, 4) is 17.1 Å². The Bertz CT molecular complexity index is 1290. The fraction of sp³-hybridized carbons (Fsp3) is 0.0526. The molecule has 0 saturated heterocycles. The number of aromatic nitrogens is 3. The predicted octanol–water partition coefficient (Wildman–Crippen LogP) is 4.25. The van der Waals surface area contributed by atoms with E-state index in [0.717, 1.165) is 10.2 Å². The highest BCUT2D eigenvalue weighted by Gasteiger charge is 2.26. The lowest BCUT2D eigenvalue weighted by molar-refractivity contribution is 0.398. The average molecular weight is 462 g/mol. The number of hydrogen-bond acceptors (Lipinski definition) is 5. The van der Waals surface area contributed by atoms with E-state index in [4.69, 9.17) is 4.74 Å². The van der Waals surface area contributed by atoms with Crippen molar-refractivity contribution in [2.45, 2.75) is 4.90 Å². The zero-order valence-electron chi connectivity index (χ0n) is 14.5. The molecule has 28 heavy (non-hydrogen) atoms. The van der Waals surface area contributed by atoms with Gasteiger partial charge in [-0.25, -0.2) is 26.7 Å². The molecule has 3 heterocycles. The zero-order chi connectivity index (χ0) is 19.9. The van der Waals surface area contributed by atoms with Crippen LogP contribution in [0.1, 0.15) is 0 Å². The van der Waals surface area contributed by atoms with Crippen LogP contribution < -0.4 is 4.74 Å². The minimum Gasteiger partial charge on any atom is -0.481 e. The molecule has 0 bridgehead atoms. The smallest absolute Gasteiger partial charge is 0.269 e. The Labute approximate surface area is 168 Å². The van der Waals surface area contributed by atoms with Crippen LogP contribution in [0.15, 0.2) is 70.3 Å². The number of benzene rings is 1. The van der Waals surface area contributed by atoms with Crippen LogP contribution in [0.4, 0.5) is 4.39 Å². The van der Waals surface area contributed by atoms with E-state index in [1.165, 1.54) is 25.4 Å². The summed E-state index contributed by atoms with van der Waals surface area (Å²) in [6, 6.07) is 12.8. The maximum Gasteiger partial charge on any atom is 0.269 e. The summed E-state index contributed by atoms with van der Waals surface area (Å²) in [5.41, 5.74) is 0.970. The van der Waals surface area contributed by atoms with E-state index in [1.807, 2.05) is 0 Å². The summed E-state index contributed by atoms with van der Waals surface area (Å²) in [5, 5.41) is 0.338. The molecule has 0 radical (unpaired) electrons. The molecule has 3 aromatic heterocycles. The molecular formula is C19H13BrFN3O3S. The van der Waals surface area contributed by atoms with Crippen LogP contribution in [0.5, 0.6) is 5.88 Å². The highest BCUT2D eigenvalue weighted by Crippen LogP contribution is 2.36. The first-order chi connectivity index (χ1) is 13.4. The molecule has 1 aromatic carbocycles. The fourth-order valence-electron chi connectivity index (χ4n) is 2.89. The zero-order valence-corrected chi connectivity index (χ0v) is 16.9. The molecule has 4 aromatic rings. The number of rotatable bonds is 4. The van der Waals surface area contributed by atoms with E-state index >= 15 is 0 Å². The van der Waals surface area contributed by atoms with E-state index in [0.29, 0.717) is 22.5 Å². The molecule has 0 aliphatic heterocycles. The quantitative estimate of drug-likeness (QED) is 0.454. The molecule has 0 atom stereocenters. The monoisotopic (exact) mass is 461 g/mol. The largest absolute Gasteiger partial charge is 0.481 e. The fourth-order valence-corrected chi connectivity index (χ4v) is 4.79. The summed E-state index contributed by atoms with van der Waals surface area (Å²) < 4.78 is 47.3. The van der Waals surface area contributed by atoms with Gasteiger partial charge in [0, 0.05) is 23.2 Å². The molecule has 0 spiro atoms. The third-order valence-electron chi connectivity index (χ3n) is 4.20. The minimum atomic E-state index is -4.00. The number of fused-ring (bicyclic) bond motifs is 1. The second-order valence-electron chi connectivity index (χ2n) is 5.86. The molecule has 0 aliphatic rings. The Morgan fingerprint density at radius 2 is 1.86 bits per heavy atom. The molecule has 0 unspecified atom stereocenters. The Morgan fingerprint density at radius 3 is 2.57 bits per heavy atom. The van der Waals surface area contributed by atoms with Gasteiger partial charge in [-0.1, -0.05) is 18.2 Å². The second-order valence-corrected chi connectivity index (χ2v) is 8.44. The Hall–Kier alpha value is -2.78. The van der Waals surface area contributed by atoms with Gasteiger partial charge in [0.05, 0.1) is 28.4 Å². The van der Waals surface area contributed by atoms with Gasteiger partial charge in [0.15, 0.2) is 11.5 Å². The number of ether oxygens (including phenoxy) is 1. The van der Waals surface area contributed by atoms with Crippen LogP contribution in [-0.2, 0) is 10.0 Å². The SMILES string of the molecule is COc1cc(-c2cc3c(Br)c(F)cnc3n2S(=O)(=O)c2ccccc2)ccn1. The van der Waals surface area contributed by atoms with Crippen molar-refractivity contribution in [3.05, 3.63) is 71.2 Å². The highest BCUT2D eigenvalue weighted by atomic mass is 79.9. The summed E-state index contributed by atoms with van der Waals surface area (Å²) in [6.07, 6.45) is 2.49. The number of methoxy groups -OCH3 is 1. The van der Waals surface area contributed by atoms with E-state index in [9.17, 15) is 12.8 Å². The van der Waals surface area contributed by atoms with Gasteiger partial charge in [-0.3, -0.25) is 0 Å². The molecule has 0 saturated carbocycles. The van der Waals surface area contributed by atoms with E-state index in [2.05, 4.69) is 25.9 Å². The molecular weight excluding hydrogens is 449 g/mol. The van der Waals surface area contributed by atoms with Crippen molar-refractivity contribution in [2.24, 2.45) is 0 Å². The first-order valence-electron chi connectivity index (χ1n) is 8.10. The highest BCUT2D eigenvalue weighted by molar-refractivity contribution is 9.10. The average Bonchev–Trinajstić information content (AvgIpc) is 3.12. The van der Waals surface area contributed by atoms with Crippen molar-refractivity contribution in [1.82, 2.24) is 13.9 Å². The van der Waals surface area contributed by atoms with Gasteiger partial charge in [0.25, 0.3) is 10.0 Å². The molecule has 0 fully saturated rings. The number of pyridine rings is 2. The van der Waals surface area contributed by atoms with Crippen molar-refractivity contribution in [3.63, 3.8) is 0 Å². The summed E-state index contributed by atoms with van der Waals surface area (Å²) in [4.78, 5) is 8.20. The topological polar surface area (TPSA) is 74.1 Å². The first-order valence-corrected chi connectivity index (χ1v) is 10.3. The summed E-state index contributed by atoms with van der Waals surface area (Å²) in [5.74, 6) is -0.259. The maximum absolute atomic E-state index is 14.0. The van der Waals surface area contributed by atoms with Crippen LogP contribution in [0, 0.1) is 5.82 Å². The molecule has 0 N–H and O–H groups in total. The number of hydrogen-bond donors (Lipinski definition) is 0. The predicted molar refractivity (Wildman–Crippen MR) is 106 cm³/mol. The van der Waals surface area contributed by atoms with Crippen molar-refractivity contribution < 1.29 is 17.5 Å². The van der Waals surface area contributed by atoms with Gasteiger partial charge in [0.2, 0.25) is 5.88 Å². The lowest BCUT2D eigenvalue weighted by Gasteiger charge is -2.12. The first kappa shape index (κ1) is 18.6. The third kappa shape index (κ3) is 2.96. The van der Waals surface area contributed by atoms with Crippen LogP contribution in [-0.4, -0.2) is 29.5 Å². The van der Waals surface area contributed by atoms with E-state index < -0.39 is 15.8 Å². The van der Waals surface area contributed by atoms with Gasteiger partial charge in [-0.2, -0.15) is 0 Å². The molecule has 4 rings (SSSR count). The Balaban J connectivity index is 2.10. The van der Waals surface area contributed by atoms with Gasteiger partial charge in [-0.15, -0.1) is 0 Å². The normalized spacial score (nSPS) is 11.7. The van der Waals surface area contributed by atoms with E-state index in [-0.39, 0.29) is 15.0 Å². The number of nitrogens with zero attached hydrogens (tertiary/aromatic N) is 3. The van der Waals surface area contributed by atoms with Crippen molar-refractivity contribution in [2.75, 3.05) is 7.11 Å². The van der Waals surface area contributed by atoms with Crippen LogP contribution in [0.25, 0.3) is 22.3 Å². The molecule has 9 heteroatoms. The van der Waals surface area contributed by atoms with E-state index in [1.54, 1.807) is 36.4 Å². The Kier molecular flexibility index (Phi) is 4.64. The van der Waals surface area contributed by atoms with Gasteiger partial charge in [-0.05, 0) is 40.2 Å². The van der Waals surface area contributed by atoms with Crippen LogP contribution in [0.3, 0.4) is 0 Å². The summed E-state index contributed by atoms with van der Waals surface area (Å²) >= 11 is 3.19. The van der Waals surface area contributed by atoms with Crippen molar-refractivity contribution in [1.29, 1.82) is 0 Å². The van der Waals surface area contributed by atoms with Crippen molar-refractivity contribution >= 4 is 37.0 Å².